The van der Waals surface area contributed by atoms with Crippen molar-refractivity contribution in [2.75, 3.05) is 13.4 Å². The van der Waals surface area contributed by atoms with Crippen LogP contribution in [0.4, 0.5) is 0 Å². The van der Waals surface area contributed by atoms with Crippen LogP contribution in [0.5, 0.6) is 23.0 Å². The van der Waals surface area contributed by atoms with Crippen LogP contribution in [0.25, 0.3) is 0 Å². The maximum Gasteiger partial charge on any atom is 0.231 e. The van der Waals surface area contributed by atoms with Crippen molar-refractivity contribution in [1.29, 1.82) is 0 Å². The summed E-state index contributed by atoms with van der Waals surface area (Å²) in [6.07, 6.45) is 0.312. The zero-order valence-electron chi connectivity index (χ0n) is 17.5. The zero-order valence-corrected chi connectivity index (χ0v) is 18.2. The van der Waals surface area contributed by atoms with Gasteiger partial charge in [0.2, 0.25) is 13.0 Å². The van der Waals surface area contributed by atoms with E-state index in [1.54, 1.807) is 0 Å². The number of fused-ring (bicyclic) bond motifs is 4. The summed E-state index contributed by atoms with van der Waals surface area (Å²) >= 11 is 6.34. The molecule has 2 atom stereocenters. The Labute approximate surface area is 190 Å². The first-order chi connectivity index (χ1) is 15.7. The molecule has 3 aliphatic heterocycles. The van der Waals surface area contributed by atoms with Gasteiger partial charge in [-0.25, -0.2) is 5.01 Å². The molecule has 0 amide bonds. The first-order valence-electron chi connectivity index (χ1n) is 10.6. The first kappa shape index (κ1) is 19.3. The lowest BCUT2D eigenvalue weighted by Crippen LogP contribution is -2.34. The van der Waals surface area contributed by atoms with Crippen molar-refractivity contribution in [1.82, 2.24) is 5.01 Å². The molecule has 0 aliphatic carbocycles. The van der Waals surface area contributed by atoms with Crippen LogP contribution in [0.3, 0.4) is 0 Å². The van der Waals surface area contributed by atoms with Crippen molar-refractivity contribution in [2.24, 2.45) is 5.10 Å². The molecule has 3 aliphatic rings. The van der Waals surface area contributed by atoms with Gasteiger partial charge in [-0.3, -0.25) is 0 Å². The molecule has 3 aromatic carbocycles. The molecule has 3 heterocycles. The summed E-state index contributed by atoms with van der Waals surface area (Å²) < 4.78 is 23.4. The molecule has 32 heavy (non-hydrogen) atoms. The van der Waals surface area contributed by atoms with Gasteiger partial charge in [0.05, 0.1) is 23.9 Å². The Hall–Kier alpha value is -3.38. The molecule has 162 valence electrons. The lowest BCUT2D eigenvalue weighted by Gasteiger charge is -2.38. The number of benzene rings is 3. The van der Waals surface area contributed by atoms with E-state index in [4.69, 9.17) is 35.6 Å². The van der Waals surface area contributed by atoms with Gasteiger partial charge in [0.15, 0.2) is 11.5 Å². The molecule has 0 radical (unpaired) electrons. The minimum atomic E-state index is -0.414. The second kappa shape index (κ2) is 7.64. The Balaban J connectivity index is 1.45. The van der Waals surface area contributed by atoms with E-state index in [0.717, 1.165) is 51.8 Å². The number of hydrogen-bond acceptors (Lipinski definition) is 6. The van der Waals surface area contributed by atoms with E-state index >= 15 is 0 Å². The summed E-state index contributed by atoms with van der Waals surface area (Å²) in [6.45, 7) is 2.80. The quantitative estimate of drug-likeness (QED) is 0.511. The molecule has 2 unspecified atom stereocenters. The summed E-state index contributed by atoms with van der Waals surface area (Å²) in [6, 6.07) is 19.7. The van der Waals surface area contributed by atoms with Crippen molar-refractivity contribution in [3.05, 3.63) is 82.4 Å². The number of para-hydroxylation sites is 1. The van der Waals surface area contributed by atoms with Crippen molar-refractivity contribution in [3.8, 4) is 23.0 Å². The van der Waals surface area contributed by atoms with Gasteiger partial charge in [0.1, 0.15) is 11.5 Å². The minimum Gasteiger partial charge on any atom is -0.493 e. The molecule has 6 rings (SSSR count). The standard InChI is InChI=1S/C25H21ClN2O4/c1-2-29-21-6-4-3-5-17(21)25-28-20(18-12-16(26)8-10-22(18)32-25)13-19(27-28)15-7-9-23-24(11-15)31-14-30-23/h3-12,20,25H,2,13-14H2,1H3. The summed E-state index contributed by atoms with van der Waals surface area (Å²) in [5.74, 6) is 3.11. The fourth-order valence-corrected chi connectivity index (χ4v) is 4.67. The van der Waals surface area contributed by atoms with E-state index in [-0.39, 0.29) is 12.8 Å². The predicted octanol–water partition coefficient (Wildman–Crippen LogP) is 5.71. The van der Waals surface area contributed by atoms with Gasteiger partial charge in [-0.1, -0.05) is 23.7 Å². The van der Waals surface area contributed by atoms with Crippen molar-refractivity contribution < 1.29 is 18.9 Å². The number of rotatable bonds is 4. The highest BCUT2D eigenvalue weighted by Gasteiger charge is 2.42. The van der Waals surface area contributed by atoms with Gasteiger partial charge in [0, 0.05) is 22.6 Å². The molecule has 6 nitrogen and oxygen atoms in total. The van der Waals surface area contributed by atoms with Crippen LogP contribution in [-0.2, 0) is 0 Å². The van der Waals surface area contributed by atoms with Crippen LogP contribution in [-0.4, -0.2) is 24.1 Å². The Morgan fingerprint density at radius 1 is 1.00 bits per heavy atom. The van der Waals surface area contributed by atoms with Crippen molar-refractivity contribution >= 4 is 17.3 Å². The SMILES string of the molecule is CCOc1ccccc1C1Oc2ccc(Cl)cc2C2CC(c3ccc4c(c3)OCO4)=NN21. The van der Waals surface area contributed by atoms with Gasteiger partial charge >= 0.3 is 0 Å². The molecular formula is C25H21ClN2O4. The van der Waals surface area contributed by atoms with E-state index in [1.807, 2.05) is 72.6 Å². The highest BCUT2D eigenvalue weighted by atomic mass is 35.5. The topological polar surface area (TPSA) is 52.5 Å². The third-order valence-electron chi connectivity index (χ3n) is 5.94. The number of hydrogen-bond donors (Lipinski definition) is 0. The molecule has 3 aromatic rings. The summed E-state index contributed by atoms with van der Waals surface area (Å²) in [4.78, 5) is 0. The molecular weight excluding hydrogens is 428 g/mol. The van der Waals surface area contributed by atoms with Crippen molar-refractivity contribution in [3.63, 3.8) is 0 Å². The van der Waals surface area contributed by atoms with Gasteiger partial charge in [-0.2, -0.15) is 5.10 Å². The van der Waals surface area contributed by atoms with Gasteiger partial charge in [0.25, 0.3) is 0 Å². The van der Waals surface area contributed by atoms with Crippen LogP contribution in [0.2, 0.25) is 5.02 Å². The second-order valence-electron chi connectivity index (χ2n) is 7.84. The predicted molar refractivity (Wildman–Crippen MR) is 121 cm³/mol. The monoisotopic (exact) mass is 448 g/mol. The summed E-state index contributed by atoms with van der Waals surface area (Å²) in [5.41, 5.74) is 3.94. The third-order valence-corrected chi connectivity index (χ3v) is 6.18. The number of nitrogens with zero attached hydrogens (tertiary/aromatic N) is 2. The molecule has 7 heteroatoms. The third kappa shape index (κ3) is 3.14. The Morgan fingerprint density at radius 3 is 2.75 bits per heavy atom. The van der Waals surface area contributed by atoms with Crippen LogP contribution in [0, 0.1) is 0 Å². The van der Waals surface area contributed by atoms with E-state index in [1.165, 1.54) is 0 Å². The lowest BCUT2D eigenvalue weighted by atomic mass is 9.95. The Morgan fingerprint density at radius 2 is 1.84 bits per heavy atom. The molecule has 0 saturated heterocycles. The fraction of sp³-hybridized carbons (Fsp3) is 0.240. The average molecular weight is 449 g/mol. The van der Waals surface area contributed by atoms with E-state index in [0.29, 0.717) is 11.6 Å². The lowest BCUT2D eigenvalue weighted by molar-refractivity contribution is -0.0205. The van der Waals surface area contributed by atoms with Gasteiger partial charge in [-0.05, 0) is 55.5 Å². The molecule has 0 fully saturated rings. The van der Waals surface area contributed by atoms with Crippen LogP contribution < -0.4 is 18.9 Å². The molecule has 0 aromatic heterocycles. The smallest absolute Gasteiger partial charge is 0.231 e. The van der Waals surface area contributed by atoms with E-state index < -0.39 is 6.23 Å². The second-order valence-corrected chi connectivity index (χ2v) is 8.27. The normalized spacial score (nSPS) is 20.3. The number of halogens is 1. The summed E-state index contributed by atoms with van der Waals surface area (Å²) in [5, 5.41) is 7.73. The molecule has 0 spiro atoms. The maximum atomic E-state index is 6.47. The van der Waals surface area contributed by atoms with Crippen LogP contribution in [0.15, 0.2) is 65.8 Å². The minimum absolute atomic E-state index is 0.00226. The highest BCUT2D eigenvalue weighted by Crippen LogP contribution is 2.49. The molecule has 0 bridgehead atoms. The summed E-state index contributed by atoms with van der Waals surface area (Å²) in [7, 11) is 0. The number of ether oxygens (including phenoxy) is 4. The fourth-order valence-electron chi connectivity index (χ4n) is 4.49. The highest BCUT2D eigenvalue weighted by molar-refractivity contribution is 6.30. The van der Waals surface area contributed by atoms with Crippen LogP contribution in [0.1, 0.15) is 42.3 Å². The maximum absolute atomic E-state index is 6.47. The first-order valence-corrected chi connectivity index (χ1v) is 11.0. The van der Waals surface area contributed by atoms with Crippen molar-refractivity contribution in [2.45, 2.75) is 25.6 Å². The molecule has 0 saturated carbocycles. The Kier molecular flexibility index (Phi) is 4.61. The van der Waals surface area contributed by atoms with Crippen LogP contribution >= 0.6 is 11.6 Å². The average Bonchev–Trinajstić information content (AvgIpc) is 3.46. The van der Waals surface area contributed by atoms with Gasteiger partial charge in [-0.15, -0.1) is 0 Å². The zero-order chi connectivity index (χ0) is 21.7. The van der Waals surface area contributed by atoms with E-state index in [2.05, 4.69) is 0 Å². The largest absolute Gasteiger partial charge is 0.493 e. The molecule has 0 N–H and O–H groups in total. The Bertz CT molecular complexity index is 1230. The number of hydrazone groups is 1. The van der Waals surface area contributed by atoms with Gasteiger partial charge < -0.3 is 18.9 Å². The van der Waals surface area contributed by atoms with E-state index in [9.17, 15) is 0 Å².